The maximum Gasteiger partial charge on any atom is 0.250 e. The summed E-state index contributed by atoms with van der Waals surface area (Å²) in [6.45, 7) is 1.69. The van der Waals surface area contributed by atoms with Gasteiger partial charge in [-0.3, -0.25) is 4.79 Å². The van der Waals surface area contributed by atoms with Gasteiger partial charge < -0.3 is 15.1 Å². The van der Waals surface area contributed by atoms with E-state index in [0.717, 1.165) is 43.8 Å². The lowest BCUT2D eigenvalue weighted by Gasteiger charge is -2.34. The first-order valence-electron chi connectivity index (χ1n) is 9.65. The fourth-order valence-electron chi connectivity index (χ4n) is 4.28. The first-order chi connectivity index (χ1) is 14.1. The Labute approximate surface area is 172 Å². The Balaban J connectivity index is 1.26. The second kappa shape index (κ2) is 6.84. The van der Waals surface area contributed by atoms with Crippen molar-refractivity contribution in [3.63, 3.8) is 0 Å². The molecule has 1 unspecified atom stereocenters. The number of pyridine rings is 1. The predicted octanol–water partition coefficient (Wildman–Crippen LogP) is 3.66. The van der Waals surface area contributed by atoms with Crippen LogP contribution in [-0.2, 0) is 0 Å². The van der Waals surface area contributed by atoms with Crippen molar-refractivity contribution in [3.05, 3.63) is 59.1 Å². The highest BCUT2D eigenvalue weighted by Gasteiger charge is 2.58. The molecule has 8 heteroatoms. The van der Waals surface area contributed by atoms with Crippen LogP contribution in [0.5, 0.6) is 0 Å². The monoisotopic (exact) mass is 409 g/mol. The van der Waals surface area contributed by atoms with E-state index in [4.69, 9.17) is 21.8 Å². The number of benzene rings is 1. The van der Waals surface area contributed by atoms with Gasteiger partial charge in [0.05, 0.1) is 10.6 Å². The molecule has 2 N–H and O–H groups in total. The third-order valence-electron chi connectivity index (χ3n) is 6.11. The summed E-state index contributed by atoms with van der Waals surface area (Å²) in [6.07, 6.45) is 4.57. The van der Waals surface area contributed by atoms with Gasteiger partial charge in [0.1, 0.15) is 5.82 Å². The number of nitrogens with zero attached hydrogens (tertiary/aromatic N) is 4. The molecule has 5 rings (SSSR count). The number of hydrogen-bond acceptors (Lipinski definition) is 6. The van der Waals surface area contributed by atoms with Crippen LogP contribution in [0.4, 0.5) is 5.82 Å². The van der Waals surface area contributed by atoms with E-state index < -0.39 is 5.91 Å². The summed E-state index contributed by atoms with van der Waals surface area (Å²) in [5.41, 5.74) is 6.77. The zero-order valence-corrected chi connectivity index (χ0v) is 16.5. The Morgan fingerprint density at radius 2 is 1.97 bits per heavy atom. The number of carbonyl (C=O) groups is 1. The topological polar surface area (TPSA) is 98.1 Å². The number of primary amides is 1. The quantitative estimate of drug-likeness (QED) is 0.706. The number of piperidine rings is 1. The number of halogens is 1. The van der Waals surface area contributed by atoms with Crippen LogP contribution in [0.2, 0.25) is 5.02 Å². The van der Waals surface area contributed by atoms with Crippen molar-refractivity contribution >= 4 is 23.3 Å². The lowest BCUT2D eigenvalue weighted by Crippen LogP contribution is -2.35. The molecule has 7 nitrogen and oxygen atoms in total. The molecule has 1 aliphatic heterocycles. The summed E-state index contributed by atoms with van der Waals surface area (Å²) in [7, 11) is 0. The van der Waals surface area contributed by atoms with Gasteiger partial charge >= 0.3 is 0 Å². The molecule has 1 aliphatic carbocycles. The van der Waals surface area contributed by atoms with E-state index in [2.05, 4.69) is 20.1 Å². The van der Waals surface area contributed by atoms with E-state index in [1.807, 2.05) is 30.3 Å². The Bertz CT molecular complexity index is 1060. The Kier molecular flexibility index (Phi) is 4.28. The molecule has 1 spiro atoms. The molecular weight excluding hydrogens is 390 g/mol. The van der Waals surface area contributed by atoms with Crippen molar-refractivity contribution in [2.75, 3.05) is 18.0 Å². The molecule has 0 radical (unpaired) electrons. The molecular formula is C21H20ClN5O2. The maximum absolute atomic E-state index is 11.3. The highest BCUT2D eigenvalue weighted by molar-refractivity contribution is 6.33. The second-order valence-electron chi connectivity index (χ2n) is 7.81. The van der Waals surface area contributed by atoms with E-state index in [1.54, 1.807) is 6.07 Å². The first-order valence-corrected chi connectivity index (χ1v) is 10.0. The van der Waals surface area contributed by atoms with Crippen LogP contribution in [0.3, 0.4) is 0 Å². The highest BCUT2D eigenvalue weighted by Crippen LogP contribution is 2.64. The van der Waals surface area contributed by atoms with E-state index >= 15 is 0 Å². The van der Waals surface area contributed by atoms with Gasteiger partial charge in [-0.1, -0.05) is 29.8 Å². The summed E-state index contributed by atoms with van der Waals surface area (Å²) in [5.74, 6) is 1.80. The minimum atomic E-state index is -0.529. The summed E-state index contributed by atoms with van der Waals surface area (Å²) in [4.78, 5) is 17.8. The molecule has 2 aromatic heterocycles. The van der Waals surface area contributed by atoms with E-state index in [1.165, 1.54) is 6.20 Å². The van der Waals surface area contributed by atoms with Crippen LogP contribution < -0.4 is 10.6 Å². The first kappa shape index (κ1) is 18.1. The molecule has 1 atom stereocenters. The Morgan fingerprint density at radius 1 is 1.21 bits per heavy atom. The van der Waals surface area contributed by atoms with Crippen LogP contribution in [0.25, 0.3) is 11.5 Å². The van der Waals surface area contributed by atoms with Crippen molar-refractivity contribution in [2.24, 2.45) is 11.1 Å². The van der Waals surface area contributed by atoms with Gasteiger partial charge in [0, 0.05) is 30.8 Å². The number of carbonyl (C=O) groups excluding carboxylic acids is 1. The average Bonchev–Trinajstić information content (AvgIpc) is 3.20. The largest absolute Gasteiger partial charge is 0.420 e. The molecule has 2 aliphatic rings. The maximum atomic E-state index is 11.3. The lowest BCUT2D eigenvalue weighted by atomic mass is 9.90. The molecule has 2 fully saturated rings. The fraction of sp³-hybridized carbons (Fsp3) is 0.333. The van der Waals surface area contributed by atoms with Gasteiger partial charge in [0.25, 0.3) is 0 Å². The lowest BCUT2D eigenvalue weighted by molar-refractivity contribution is 0.1000. The van der Waals surface area contributed by atoms with Crippen LogP contribution >= 0.6 is 11.6 Å². The minimum Gasteiger partial charge on any atom is -0.420 e. The van der Waals surface area contributed by atoms with Crippen LogP contribution in [0.1, 0.15) is 41.4 Å². The fourth-order valence-corrected chi connectivity index (χ4v) is 4.57. The van der Waals surface area contributed by atoms with Gasteiger partial charge in [-0.15, -0.1) is 10.2 Å². The van der Waals surface area contributed by atoms with Crippen molar-refractivity contribution in [2.45, 2.75) is 25.2 Å². The summed E-state index contributed by atoms with van der Waals surface area (Å²) >= 11 is 6.33. The zero-order valence-electron chi connectivity index (χ0n) is 15.7. The van der Waals surface area contributed by atoms with Gasteiger partial charge in [0.15, 0.2) is 0 Å². The number of nitrogens with two attached hydrogens (primary N) is 1. The molecule has 1 aromatic carbocycles. The van der Waals surface area contributed by atoms with E-state index in [-0.39, 0.29) is 5.41 Å². The number of anilines is 1. The van der Waals surface area contributed by atoms with Crippen molar-refractivity contribution < 1.29 is 9.21 Å². The molecule has 3 heterocycles. The number of amides is 1. The van der Waals surface area contributed by atoms with Gasteiger partial charge in [-0.25, -0.2) is 4.98 Å². The highest BCUT2D eigenvalue weighted by atomic mass is 35.5. The molecule has 1 amide bonds. The number of hydrogen-bond donors (Lipinski definition) is 1. The van der Waals surface area contributed by atoms with Crippen molar-refractivity contribution in [3.8, 4) is 11.5 Å². The predicted molar refractivity (Wildman–Crippen MR) is 109 cm³/mol. The normalized spacial score (nSPS) is 20.0. The summed E-state index contributed by atoms with van der Waals surface area (Å²) < 4.78 is 5.97. The summed E-state index contributed by atoms with van der Waals surface area (Å²) in [5, 5.41) is 9.00. The van der Waals surface area contributed by atoms with Crippen LogP contribution in [-0.4, -0.2) is 34.2 Å². The molecule has 3 aromatic rings. The zero-order chi connectivity index (χ0) is 20.0. The minimum absolute atomic E-state index is 0.219. The van der Waals surface area contributed by atoms with Crippen LogP contribution in [0.15, 0.2) is 47.0 Å². The third kappa shape index (κ3) is 3.25. The Morgan fingerprint density at radius 3 is 2.66 bits per heavy atom. The SMILES string of the molecule is NC(=O)c1cnc(N2CCC3(CC2)CC3c2nnc(-c3ccccc3)o2)c(Cl)c1. The molecule has 29 heavy (non-hydrogen) atoms. The molecule has 1 saturated heterocycles. The Hall–Kier alpha value is -2.93. The number of rotatable bonds is 4. The van der Waals surface area contributed by atoms with Crippen molar-refractivity contribution in [1.29, 1.82) is 0 Å². The van der Waals surface area contributed by atoms with Crippen molar-refractivity contribution in [1.82, 2.24) is 15.2 Å². The van der Waals surface area contributed by atoms with Gasteiger partial charge in [-0.05, 0) is 42.9 Å². The third-order valence-corrected chi connectivity index (χ3v) is 6.39. The summed E-state index contributed by atoms with van der Waals surface area (Å²) in [6, 6.07) is 11.4. The molecule has 0 bridgehead atoms. The standard InChI is InChI=1S/C21H20ClN5O2/c22-16-10-14(17(23)28)12-24-18(16)27-8-6-21(7-9-27)11-15(21)20-26-25-19(29-20)13-4-2-1-3-5-13/h1-5,10,12,15H,6-9,11H2,(H2,23,28). The van der Waals surface area contributed by atoms with Gasteiger partial charge in [0.2, 0.25) is 17.7 Å². The average molecular weight is 410 g/mol. The van der Waals surface area contributed by atoms with E-state index in [0.29, 0.717) is 28.2 Å². The van der Waals surface area contributed by atoms with Gasteiger partial charge in [-0.2, -0.15) is 0 Å². The second-order valence-corrected chi connectivity index (χ2v) is 8.22. The molecule has 148 valence electrons. The van der Waals surface area contributed by atoms with Crippen LogP contribution in [0, 0.1) is 5.41 Å². The van der Waals surface area contributed by atoms with E-state index in [9.17, 15) is 4.79 Å². The number of aromatic nitrogens is 3. The molecule has 1 saturated carbocycles. The smallest absolute Gasteiger partial charge is 0.250 e.